The Morgan fingerprint density at radius 2 is 1.75 bits per heavy atom. The van der Waals surface area contributed by atoms with E-state index in [0.717, 1.165) is 11.3 Å². The predicted octanol–water partition coefficient (Wildman–Crippen LogP) is 2.18. The summed E-state index contributed by atoms with van der Waals surface area (Å²) < 4.78 is 5.08. The smallest absolute Gasteiger partial charge is 0.328 e. The van der Waals surface area contributed by atoms with Crippen molar-refractivity contribution >= 4 is 5.97 Å². The van der Waals surface area contributed by atoms with E-state index in [1.165, 1.54) is 0 Å². The highest BCUT2D eigenvalue weighted by Gasteiger charge is 2.36. The first-order valence-electron chi connectivity index (χ1n) is 6.27. The highest BCUT2D eigenvalue weighted by atomic mass is 16.5. The highest BCUT2D eigenvalue weighted by molar-refractivity contribution is 5.81. The Morgan fingerprint density at radius 1 is 1.15 bits per heavy atom. The van der Waals surface area contributed by atoms with Crippen molar-refractivity contribution in [1.29, 1.82) is 0 Å². The van der Waals surface area contributed by atoms with Crippen molar-refractivity contribution in [3.63, 3.8) is 0 Å². The molecule has 0 unspecified atom stereocenters. The van der Waals surface area contributed by atoms with E-state index in [0.29, 0.717) is 5.56 Å². The minimum atomic E-state index is -1.43. The average Bonchev–Trinajstić information content (AvgIpc) is 2.48. The third kappa shape index (κ3) is 2.81. The maximum Gasteiger partial charge on any atom is 0.328 e. The molecule has 20 heavy (non-hydrogen) atoms. The number of carboxylic acids is 1. The number of hydrogen-bond donors (Lipinski definition) is 2. The Bertz CT molecular complexity index is 580. The van der Waals surface area contributed by atoms with Crippen LogP contribution in [0.2, 0.25) is 0 Å². The lowest BCUT2D eigenvalue weighted by Gasteiger charge is -2.25. The van der Waals surface area contributed by atoms with E-state index in [1.807, 2.05) is 18.2 Å². The first-order valence-corrected chi connectivity index (χ1v) is 6.27. The topological polar surface area (TPSA) is 72.5 Å². The van der Waals surface area contributed by atoms with Crippen LogP contribution in [-0.4, -0.2) is 18.2 Å². The summed E-state index contributed by atoms with van der Waals surface area (Å²) in [5.41, 5.74) is 6.13. The first-order chi connectivity index (χ1) is 9.56. The molecule has 0 heterocycles. The standard InChI is InChI=1S/C16H17NO3/c1-20-14-9-7-12(8-10-14)11-16(17,15(18)19)13-5-3-2-4-6-13/h2-10H,11,17H2,1H3,(H,18,19)/t16-/m0/s1. The molecule has 0 aromatic heterocycles. The van der Waals surface area contributed by atoms with Gasteiger partial charge in [0.2, 0.25) is 0 Å². The van der Waals surface area contributed by atoms with Crippen molar-refractivity contribution in [3.05, 3.63) is 65.7 Å². The number of rotatable bonds is 5. The van der Waals surface area contributed by atoms with E-state index < -0.39 is 11.5 Å². The Labute approximate surface area is 117 Å². The van der Waals surface area contributed by atoms with Gasteiger partial charge in [-0.1, -0.05) is 42.5 Å². The summed E-state index contributed by atoms with van der Waals surface area (Å²) in [5, 5.41) is 9.50. The van der Waals surface area contributed by atoms with Crippen LogP contribution in [0.4, 0.5) is 0 Å². The maximum absolute atomic E-state index is 11.6. The van der Waals surface area contributed by atoms with Gasteiger partial charge in [-0.05, 0) is 23.3 Å². The molecule has 0 amide bonds. The zero-order valence-corrected chi connectivity index (χ0v) is 11.2. The van der Waals surface area contributed by atoms with Gasteiger partial charge in [0.05, 0.1) is 7.11 Å². The van der Waals surface area contributed by atoms with Crippen LogP contribution in [0.15, 0.2) is 54.6 Å². The molecule has 0 aliphatic carbocycles. The lowest BCUT2D eigenvalue weighted by atomic mass is 9.85. The molecular formula is C16H17NO3. The normalized spacial score (nSPS) is 13.5. The molecule has 2 rings (SSSR count). The number of benzene rings is 2. The molecule has 0 spiro atoms. The second-order valence-electron chi connectivity index (χ2n) is 4.67. The van der Waals surface area contributed by atoms with Gasteiger partial charge in [-0.25, -0.2) is 4.79 Å². The van der Waals surface area contributed by atoms with Crippen LogP contribution in [0.5, 0.6) is 5.75 Å². The van der Waals surface area contributed by atoms with E-state index in [2.05, 4.69) is 0 Å². The zero-order chi connectivity index (χ0) is 14.6. The molecule has 0 radical (unpaired) electrons. The molecule has 104 valence electrons. The lowest BCUT2D eigenvalue weighted by molar-refractivity contribution is -0.143. The van der Waals surface area contributed by atoms with E-state index >= 15 is 0 Å². The Morgan fingerprint density at radius 3 is 2.25 bits per heavy atom. The molecule has 1 atom stereocenters. The molecule has 0 aliphatic heterocycles. The Balaban J connectivity index is 2.32. The summed E-state index contributed by atoms with van der Waals surface area (Å²) in [6, 6.07) is 16.1. The largest absolute Gasteiger partial charge is 0.497 e. The van der Waals surface area contributed by atoms with Gasteiger partial charge in [-0.15, -0.1) is 0 Å². The summed E-state index contributed by atoms with van der Waals surface area (Å²) >= 11 is 0. The van der Waals surface area contributed by atoms with Gasteiger partial charge in [-0.3, -0.25) is 0 Å². The third-order valence-electron chi connectivity index (χ3n) is 3.31. The quantitative estimate of drug-likeness (QED) is 0.874. The maximum atomic E-state index is 11.6. The monoisotopic (exact) mass is 271 g/mol. The summed E-state index contributed by atoms with van der Waals surface area (Å²) in [6.07, 6.45) is 0.219. The Kier molecular flexibility index (Phi) is 4.05. The number of carbonyl (C=O) groups is 1. The van der Waals surface area contributed by atoms with Crippen LogP contribution in [0.25, 0.3) is 0 Å². The van der Waals surface area contributed by atoms with Crippen molar-refractivity contribution < 1.29 is 14.6 Å². The van der Waals surface area contributed by atoms with Crippen molar-refractivity contribution in [2.75, 3.05) is 7.11 Å². The lowest BCUT2D eigenvalue weighted by Crippen LogP contribution is -2.46. The summed E-state index contributed by atoms with van der Waals surface area (Å²) in [5.74, 6) is -0.314. The van der Waals surface area contributed by atoms with Crippen LogP contribution in [-0.2, 0) is 16.8 Å². The molecule has 3 N–H and O–H groups in total. The number of ether oxygens (including phenoxy) is 1. The number of aliphatic carboxylic acids is 1. The van der Waals surface area contributed by atoms with E-state index in [1.54, 1.807) is 43.5 Å². The fraction of sp³-hybridized carbons (Fsp3) is 0.188. The summed E-state index contributed by atoms with van der Waals surface area (Å²) in [7, 11) is 1.59. The Hall–Kier alpha value is -2.33. The van der Waals surface area contributed by atoms with Crippen LogP contribution < -0.4 is 10.5 Å². The number of hydrogen-bond acceptors (Lipinski definition) is 3. The minimum absolute atomic E-state index is 0.219. The third-order valence-corrected chi connectivity index (χ3v) is 3.31. The van der Waals surface area contributed by atoms with E-state index in [9.17, 15) is 9.90 Å². The van der Waals surface area contributed by atoms with Crippen molar-refractivity contribution in [2.24, 2.45) is 5.73 Å². The molecule has 0 aliphatic rings. The first kappa shape index (κ1) is 14.1. The van der Waals surface area contributed by atoms with Crippen LogP contribution in [0, 0.1) is 0 Å². The molecule has 0 fully saturated rings. The van der Waals surface area contributed by atoms with Gasteiger partial charge in [-0.2, -0.15) is 0 Å². The average molecular weight is 271 g/mol. The van der Waals surface area contributed by atoms with Crippen molar-refractivity contribution in [2.45, 2.75) is 12.0 Å². The van der Waals surface area contributed by atoms with Gasteiger partial charge < -0.3 is 15.6 Å². The van der Waals surface area contributed by atoms with Crippen LogP contribution in [0.3, 0.4) is 0 Å². The van der Waals surface area contributed by atoms with Gasteiger partial charge in [0.1, 0.15) is 11.3 Å². The van der Waals surface area contributed by atoms with E-state index in [-0.39, 0.29) is 6.42 Å². The number of nitrogens with two attached hydrogens (primary N) is 1. The van der Waals surface area contributed by atoms with Crippen molar-refractivity contribution in [3.8, 4) is 5.75 Å². The zero-order valence-electron chi connectivity index (χ0n) is 11.2. The van der Waals surface area contributed by atoms with Gasteiger partial charge >= 0.3 is 5.97 Å². The van der Waals surface area contributed by atoms with E-state index in [4.69, 9.17) is 10.5 Å². The SMILES string of the molecule is COc1ccc(C[C@@](N)(C(=O)O)c2ccccc2)cc1. The molecule has 0 saturated heterocycles. The molecule has 4 nitrogen and oxygen atoms in total. The molecule has 0 bridgehead atoms. The highest BCUT2D eigenvalue weighted by Crippen LogP contribution is 2.24. The fourth-order valence-electron chi connectivity index (χ4n) is 2.10. The fourth-order valence-corrected chi connectivity index (χ4v) is 2.10. The van der Waals surface area contributed by atoms with Crippen LogP contribution in [0.1, 0.15) is 11.1 Å². The predicted molar refractivity (Wildman–Crippen MR) is 76.6 cm³/mol. The molecule has 2 aromatic rings. The summed E-state index contributed by atoms with van der Waals surface area (Å²) in [6.45, 7) is 0. The minimum Gasteiger partial charge on any atom is -0.497 e. The summed E-state index contributed by atoms with van der Waals surface area (Å²) in [4.78, 5) is 11.6. The van der Waals surface area contributed by atoms with Gasteiger partial charge in [0, 0.05) is 6.42 Å². The second kappa shape index (κ2) is 5.75. The number of carboxylic acid groups (broad SMARTS) is 1. The molecule has 0 saturated carbocycles. The van der Waals surface area contributed by atoms with Gasteiger partial charge in [0.15, 0.2) is 0 Å². The number of methoxy groups -OCH3 is 1. The second-order valence-corrected chi connectivity index (χ2v) is 4.67. The van der Waals surface area contributed by atoms with Crippen LogP contribution >= 0.6 is 0 Å². The molecule has 2 aromatic carbocycles. The van der Waals surface area contributed by atoms with Crippen molar-refractivity contribution in [1.82, 2.24) is 0 Å². The molecule has 4 heteroatoms. The molecular weight excluding hydrogens is 254 g/mol. The van der Waals surface area contributed by atoms with Gasteiger partial charge in [0.25, 0.3) is 0 Å².